The Morgan fingerprint density at radius 1 is 1.19 bits per heavy atom. The second kappa shape index (κ2) is 6.99. The molecule has 0 spiro atoms. The molecule has 5 nitrogen and oxygen atoms in total. The molecule has 0 amide bonds. The van der Waals surface area contributed by atoms with Crippen LogP contribution in [0.25, 0.3) is 0 Å². The summed E-state index contributed by atoms with van der Waals surface area (Å²) in [6, 6.07) is 6.15. The van der Waals surface area contributed by atoms with Gasteiger partial charge in [-0.3, -0.25) is 0 Å². The molecule has 9 heteroatoms. The Kier molecular flexibility index (Phi) is 5.31. The highest BCUT2D eigenvalue weighted by molar-refractivity contribution is 7.90. The Morgan fingerprint density at radius 2 is 1.85 bits per heavy atom. The smallest absolute Gasteiger partial charge is 0.416 e. The molecule has 2 aromatic rings. The van der Waals surface area contributed by atoms with Crippen LogP contribution in [0.3, 0.4) is 0 Å². The number of benzene rings is 2. The van der Waals surface area contributed by atoms with Crippen molar-refractivity contribution in [1.82, 2.24) is 0 Å². The number of alkyl halides is 3. The highest BCUT2D eigenvalue weighted by Crippen LogP contribution is 2.35. The van der Waals surface area contributed by atoms with Crippen molar-refractivity contribution in [1.29, 1.82) is 0 Å². The van der Waals surface area contributed by atoms with Crippen molar-refractivity contribution in [2.45, 2.75) is 24.4 Å². The van der Waals surface area contributed by atoms with Gasteiger partial charge in [0.05, 0.1) is 11.1 Å². The van der Waals surface area contributed by atoms with Gasteiger partial charge in [-0.05, 0) is 42.3 Å². The molecule has 0 aliphatic carbocycles. The maximum Gasteiger partial charge on any atom is 0.416 e. The monoisotopic (exact) mass is 388 g/mol. The summed E-state index contributed by atoms with van der Waals surface area (Å²) in [5.74, 6) is -1.75. The number of carboxylic acids is 1. The first-order valence-electron chi connectivity index (χ1n) is 7.39. The summed E-state index contributed by atoms with van der Waals surface area (Å²) < 4.78 is 67.8. The molecule has 0 aromatic heterocycles. The fourth-order valence-corrected chi connectivity index (χ4v) is 3.12. The number of carbonyl (C=O) groups is 1. The van der Waals surface area contributed by atoms with Gasteiger partial charge >= 0.3 is 12.1 Å². The minimum atomic E-state index is -4.58. The highest BCUT2D eigenvalue weighted by Gasteiger charge is 2.31. The molecule has 0 saturated carbocycles. The SMILES string of the molecule is CCc1cc(Oc2cccc(C(F)(F)F)c2)c(S(C)(=O)=O)cc1C(=O)O. The van der Waals surface area contributed by atoms with E-state index in [1.807, 2.05) is 0 Å². The van der Waals surface area contributed by atoms with Gasteiger partial charge in [-0.2, -0.15) is 13.2 Å². The molecule has 0 bridgehead atoms. The quantitative estimate of drug-likeness (QED) is 0.832. The van der Waals surface area contributed by atoms with Crippen LogP contribution in [0, 0.1) is 0 Å². The minimum absolute atomic E-state index is 0.204. The van der Waals surface area contributed by atoms with Crippen molar-refractivity contribution in [3.63, 3.8) is 0 Å². The lowest BCUT2D eigenvalue weighted by atomic mass is 10.0. The summed E-state index contributed by atoms with van der Waals surface area (Å²) in [6.07, 6.45) is -3.45. The number of ether oxygens (including phenoxy) is 1. The molecule has 0 unspecified atom stereocenters. The first-order chi connectivity index (χ1) is 11.9. The maximum absolute atomic E-state index is 12.8. The number of aryl methyl sites for hydroxylation is 1. The van der Waals surface area contributed by atoms with E-state index in [0.29, 0.717) is 5.56 Å². The van der Waals surface area contributed by atoms with Crippen molar-refractivity contribution < 1.29 is 36.2 Å². The standard InChI is InChI=1S/C17H15F3O5S/c1-3-10-7-14(15(26(2,23)24)9-13(10)16(21)22)25-12-6-4-5-11(8-12)17(18,19)20/h4-9H,3H2,1-2H3,(H,21,22). The summed E-state index contributed by atoms with van der Waals surface area (Å²) in [5.41, 5.74) is -0.857. The molecule has 2 rings (SSSR count). The van der Waals surface area contributed by atoms with E-state index in [1.165, 1.54) is 12.1 Å². The van der Waals surface area contributed by atoms with E-state index in [2.05, 4.69) is 0 Å². The Morgan fingerprint density at radius 3 is 2.35 bits per heavy atom. The van der Waals surface area contributed by atoms with Gasteiger partial charge in [0.2, 0.25) is 0 Å². The third kappa shape index (κ3) is 4.34. The van der Waals surface area contributed by atoms with Crippen LogP contribution in [0.5, 0.6) is 11.5 Å². The van der Waals surface area contributed by atoms with Crippen LogP contribution in [-0.2, 0) is 22.4 Å². The number of sulfone groups is 1. The normalized spacial score (nSPS) is 12.0. The van der Waals surface area contributed by atoms with E-state index >= 15 is 0 Å². The van der Waals surface area contributed by atoms with Crippen LogP contribution in [0.2, 0.25) is 0 Å². The zero-order chi connectivity index (χ0) is 19.7. The summed E-state index contributed by atoms with van der Waals surface area (Å²) in [5, 5.41) is 9.23. The Balaban J connectivity index is 2.61. The van der Waals surface area contributed by atoms with E-state index < -0.39 is 32.4 Å². The number of hydrogen-bond donors (Lipinski definition) is 1. The van der Waals surface area contributed by atoms with E-state index in [9.17, 15) is 31.5 Å². The average Bonchev–Trinajstić information content (AvgIpc) is 2.52. The highest BCUT2D eigenvalue weighted by atomic mass is 32.2. The Hall–Kier alpha value is -2.55. The zero-order valence-corrected chi connectivity index (χ0v) is 14.6. The van der Waals surface area contributed by atoms with Crippen molar-refractivity contribution >= 4 is 15.8 Å². The van der Waals surface area contributed by atoms with Gasteiger partial charge in [0.25, 0.3) is 0 Å². The van der Waals surface area contributed by atoms with E-state index in [-0.39, 0.29) is 23.5 Å². The number of rotatable bonds is 5. The van der Waals surface area contributed by atoms with Crippen LogP contribution in [0.4, 0.5) is 13.2 Å². The lowest BCUT2D eigenvalue weighted by Crippen LogP contribution is -2.08. The minimum Gasteiger partial charge on any atom is -0.478 e. The average molecular weight is 388 g/mol. The van der Waals surface area contributed by atoms with Gasteiger partial charge in [0, 0.05) is 6.26 Å². The van der Waals surface area contributed by atoms with Gasteiger partial charge in [-0.25, -0.2) is 13.2 Å². The summed E-state index contributed by atoms with van der Waals surface area (Å²) in [6.45, 7) is 1.66. The molecule has 0 fully saturated rings. The second-order valence-corrected chi connectivity index (χ2v) is 7.50. The number of halogens is 3. The van der Waals surface area contributed by atoms with Crippen LogP contribution >= 0.6 is 0 Å². The third-order valence-corrected chi connectivity index (χ3v) is 4.69. The molecule has 26 heavy (non-hydrogen) atoms. The van der Waals surface area contributed by atoms with E-state index in [4.69, 9.17) is 4.74 Å². The molecule has 0 radical (unpaired) electrons. The first-order valence-corrected chi connectivity index (χ1v) is 9.28. The lowest BCUT2D eigenvalue weighted by Gasteiger charge is -2.15. The Bertz CT molecular complexity index is 949. The number of hydrogen-bond acceptors (Lipinski definition) is 4. The van der Waals surface area contributed by atoms with Gasteiger partial charge in [-0.1, -0.05) is 13.0 Å². The predicted molar refractivity (Wildman–Crippen MR) is 87.4 cm³/mol. The Labute approximate surface area is 148 Å². The van der Waals surface area contributed by atoms with Gasteiger partial charge < -0.3 is 9.84 Å². The van der Waals surface area contributed by atoms with E-state index in [0.717, 1.165) is 30.5 Å². The van der Waals surface area contributed by atoms with Crippen LogP contribution in [0.15, 0.2) is 41.3 Å². The van der Waals surface area contributed by atoms with Crippen molar-refractivity contribution in [2.24, 2.45) is 0 Å². The molecule has 0 aliphatic rings. The second-order valence-electron chi connectivity index (χ2n) is 5.51. The molecule has 0 heterocycles. The van der Waals surface area contributed by atoms with Gasteiger partial charge in [0.1, 0.15) is 16.4 Å². The largest absolute Gasteiger partial charge is 0.478 e. The lowest BCUT2D eigenvalue weighted by molar-refractivity contribution is -0.137. The fraction of sp³-hybridized carbons (Fsp3) is 0.235. The fourth-order valence-electron chi connectivity index (χ4n) is 2.33. The number of carboxylic acid groups (broad SMARTS) is 1. The summed E-state index contributed by atoms with van der Waals surface area (Å²) in [4.78, 5) is 10.9. The molecule has 1 N–H and O–H groups in total. The third-order valence-electron chi connectivity index (χ3n) is 3.57. The molecule has 0 aliphatic heterocycles. The van der Waals surface area contributed by atoms with Crippen molar-refractivity contribution in [3.8, 4) is 11.5 Å². The molecule has 0 saturated heterocycles. The summed E-state index contributed by atoms with van der Waals surface area (Å²) in [7, 11) is -3.88. The molecular weight excluding hydrogens is 373 g/mol. The predicted octanol–water partition coefficient (Wildman–Crippen LogP) is 4.16. The van der Waals surface area contributed by atoms with Crippen LogP contribution in [0.1, 0.15) is 28.4 Å². The van der Waals surface area contributed by atoms with Crippen molar-refractivity contribution in [2.75, 3.05) is 6.26 Å². The number of aromatic carboxylic acids is 1. The van der Waals surface area contributed by atoms with Gasteiger partial charge in [-0.15, -0.1) is 0 Å². The molecular formula is C17H15F3O5S. The molecule has 0 atom stereocenters. The van der Waals surface area contributed by atoms with Gasteiger partial charge in [0.15, 0.2) is 9.84 Å². The first kappa shape index (κ1) is 19.8. The van der Waals surface area contributed by atoms with Crippen LogP contribution < -0.4 is 4.74 Å². The zero-order valence-electron chi connectivity index (χ0n) is 13.8. The van der Waals surface area contributed by atoms with Crippen LogP contribution in [-0.4, -0.2) is 25.7 Å². The van der Waals surface area contributed by atoms with E-state index in [1.54, 1.807) is 6.92 Å². The maximum atomic E-state index is 12.8. The molecule has 2 aromatic carbocycles. The topological polar surface area (TPSA) is 80.7 Å². The molecule has 140 valence electrons. The summed E-state index contributed by atoms with van der Waals surface area (Å²) >= 11 is 0. The van der Waals surface area contributed by atoms with Crippen molar-refractivity contribution in [3.05, 3.63) is 53.1 Å².